The first-order chi connectivity index (χ1) is 11.9. The molecular weight excluding hydrogens is 421 g/mol. The molecule has 1 aromatic carbocycles. The highest BCUT2D eigenvalue weighted by molar-refractivity contribution is 7.22. The smallest absolute Gasteiger partial charge is 0.275 e. The van der Waals surface area contributed by atoms with Gasteiger partial charge in [0.25, 0.3) is 5.91 Å². The Hall–Kier alpha value is -1.84. The summed E-state index contributed by atoms with van der Waals surface area (Å²) in [6.45, 7) is 1.63. The van der Waals surface area contributed by atoms with Crippen molar-refractivity contribution in [1.82, 2.24) is 9.97 Å². The first-order valence-corrected chi connectivity index (χ1v) is 8.71. The fourth-order valence-electron chi connectivity index (χ4n) is 2.16. The summed E-state index contributed by atoms with van der Waals surface area (Å²) < 4.78 is 0.803. The average Bonchev–Trinajstić information content (AvgIpc) is 3.09. The summed E-state index contributed by atoms with van der Waals surface area (Å²) in [6.07, 6.45) is 0. The zero-order valence-electron chi connectivity index (χ0n) is 13.4. The SMILES string of the molecule is Cc1[nH]c(C(=O)Nc2nc3ccc(NC(=O)CN)cc3s2)c(Cl)c1Cl.Cl. The van der Waals surface area contributed by atoms with Gasteiger partial charge in [0.1, 0.15) is 5.69 Å². The van der Waals surface area contributed by atoms with Crippen LogP contribution in [0.4, 0.5) is 10.8 Å². The van der Waals surface area contributed by atoms with Crippen LogP contribution in [-0.2, 0) is 4.79 Å². The van der Waals surface area contributed by atoms with E-state index in [1.165, 1.54) is 11.3 Å². The lowest BCUT2D eigenvalue weighted by Crippen LogP contribution is -2.21. The number of hydrogen-bond acceptors (Lipinski definition) is 5. The van der Waals surface area contributed by atoms with E-state index in [0.717, 1.165) is 4.70 Å². The lowest BCUT2D eigenvalue weighted by Gasteiger charge is -2.02. The molecule has 0 aliphatic carbocycles. The van der Waals surface area contributed by atoms with Crippen molar-refractivity contribution in [3.8, 4) is 0 Å². The van der Waals surface area contributed by atoms with Crippen LogP contribution in [0.25, 0.3) is 10.2 Å². The molecule has 138 valence electrons. The number of amides is 2. The summed E-state index contributed by atoms with van der Waals surface area (Å²) in [4.78, 5) is 30.9. The molecule has 7 nitrogen and oxygen atoms in total. The van der Waals surface area contributed by atoms with Gasteiger partial charge >= 0.3 is 0 Å². The van der Waals surface area contributed by atoms with E-state index in [9.17, 15) is 9.59 Å². The molecule has 0 radical (unpaired) electrons. The van der Waals surface area contributed by atoms with E-state index in [4.69, 9.17) is 28.9 Å². The van der Waals surface area contributed by atoms with Gasteiger partial charge in [-0.05, 0) is 25.1 Å². The molecule has 0 fully saturated rings. The number of H-pyrrole nitrogens is 1. The first-order valence-electron chi connectivity index (χ1n) is 7.14. The number of aryl methyl sites for hydroxylation is 1. The van der Waals surface area contributed by atoms with E-state index in [2.05, 4.69) is 20.6 Å². The number of nitrogens with two attached hydrogens (primary N) is 1. The van der Waals surface area contributed by atoms with Gasteiger partial charge in [0.15, 0.2) is 5.13 Å². The van der Waals surface area contributed by atoms with Gasteiger partial charge in [-0.3, -0.25) is 14.9 Å². The Labute approximate surface area is 168 Å². The topological polar surface area (TPSA) is 113 Å². The predicted molar refractivity (Wildman–Crippen MR) is 108 cm³/mol. The summed E-state index contributed by atoms with van der Waals surface area (Å²) in [6, 6.07) is 5.22. The van der Waals surface area contributed by atoms with Crippen LogP contribution in [0.2, 0.25) is 10.0 Å². The summed E-state index contributed by atoms with van der Waals surface area (Å²) in [5.41, 5.74) is 7.37. The van der Waals surface area contributed by atoms with Gasteiger partial charge < -0.3 is 16.0 Å². The lowest BCUT2D eigenvalue weighted by atomic mass is 10.3. The third-order valence-corrected chi connectivity index (χ3v) is 5.24. The zero-order valence-corrected chi connectivity index (χ0v) is 16.5. The van der Waals surface area contributed by atoms with Gasteiger partial charge in [0, 0.05) is 11.4 Å². The highest BCUT2D eigenvalue weighted by Crippen LogP contribution is 2.31. The standard InChI is InChI=1S/C15H13Cl2N5O2S.ClH/c1-6-11(16)12(17)13(19-6)14(24)22-15-21-8-3-2-7(4-9(8)25-15)20-10(23)5-18;/h2-4,19H,5,18H2,1H3,(H,20,23)(H,21,22,24);1H. The second kappa shape index (κ2) is 8.24. The van der Waals surface area contributed by atoms with Crippen LogP contribution in [0.3, 0.4) is 0 Å². The molecule has 11 heteroatoms. The highest BCUT2D eigenvalue weighted by Gasteiger charge is 2.19. The molecule has 3 aromatic rings. The van der Waals surface area contributed by atoms with Gasteiger partial charge in [-0.1, -0.05) is 34.5 Å². The van der Waals surface area contributed by atoms with Crippen LogP contribution in [0.5, 0.6) is 0 Å². The quantitative estimate of drug-likeness (QED) is 0.500. The predicted octanol–water partition coefficient (Wildman–Crippen LogP) is 3.81. The van der Waals surface area contributed by atoms with E-state index in [1.807, 2.05) is 0 Å². The third kappa shape index (κ3) is 4.11. The summed E-state index contributed by atoms with van der Waals surface area (Å²) in [5, 5.41) is 6.25. The number of fused-ring (bicyclic) bond motifs is 1. The molecule has 0 aliphatic rings. The molecule has 0 atom stereocenters. The number of carbonyl (C=O) groups excluding carboxylic acids is 2. The number of nitrogens with one attached hydrogen (secondary N) is 3. The first kappa shape index (κ1) is 20.5. The van der Waals surface area contributed by atoms with E-state index in [-0.39, 0.29) is 35.6 Å². The molecule has 2 amide bonds. The number of aromatic amines is 1. The Bertz CT molecular complexity index is 985. The fourth-order valence-corrected chi connectivity index (χ4v) is 3.47. The normalized spacial score (nSPS) is 10.5. The summed E-state index contributed by atoms with van der Waals surface area (Å²) >= 11 is 13.3. The Morgan fingerprint density at radius 3 is 2.62 bits per heavy atom. The number of aromatic nitrogens is 2. The van der Waals surface area contributed by atoms with Crippen molar-refractivity contribution in [3.05, 3.63) is 39.6 Å². The molecular formula is C15H14Cl3N5O2S. The van der Waals surface area contributed by atoms with Crippen LogP contribution in [0.1, 0.15) is 16.2 Å². The molecule has 0 saturated heterocycles. The summed E-state index contributed by atoms with van der Waals surface area (Å²) in [7, 11) is 0. The number of rotatable bonds is 4. The minimum absolute atomic E-state index is 0. The van der Waals surface area contributed by atoms with Crippen LogP contribution in [0.15, 0.2) is 18.2 Å². The van der Waals surface area contributed by atoms with E-state index in [0.29, 0.717) is 27.1 Å². The molecule has 0 aliphatic heterocycles. The molecule has 3 rings (SSSR count). The number of carbonyl (C=O) groups is 2. The number of anilines is 2. The molecule has 2 aromatic heterocycles. The molecule has 0 saturated carbocycles. The largest absolute Gasteiger partial charge is 0.352 e. The van der Waals surface area contributed by atoms with Crippen molar-refractivity contribution in [2.24, 2.45) is 5.73 Å². The second-order valence-corrected chi connectivity index (χ2v) is 6.95. The minimum Gasteiger partial charge on any atom is -0.352 e. The molecule has 0 unspecified atom stereocenters. The maximum atomic E-state index is 12.3. The van der Waals surface area contributed by atoms with Gasteiger partial charge in [0.05, 0.1) is 26.8 Å². The molecule has 5 N–H and O–H groups in total. The average molecular weight is 435 g/mol. The highest BCUT2D eigenvalue weighted by atomic mass is 35.5. The van der Waals surface area contributed by atoms with E-state index in [1.54, 1.807) is 25.1 Å². The maximum absolute atomic E-state index is 12.3. The van der Waals surface area contributed by atoms with Crippen LogP contribution < -0.4 is 16.4 Å². The Morgan fingerprint density at radius 2 is 2.00 bits per heavy atom. The van der Waals surface area contributed by atoms with Gasteiger partial charge in [-0.2, -0.15) is 0 Å². The van der Waals surface area contributed by atoms with Gasteiger partial charge in [-0.15, -0.1) is 12.4 Å². The monoisotopic (exact) mass is 433 g/mol. The minimum atomic E-state index is -0.435. The Morgan fingerprint density at radius 1 is 1.27 bits per heavy atom. The number of hydrogen-bond donors (Lipinski definition) is 4. The number of thiazole rings is 1. The third-order valence-electron chi connectivity index (χ3n) is 3.36. The molecule has 0 spiro atoms. The van der Waals surface area contributed by atoms with Gasteiger partial charge in [0.2, 0.25) is 5.91 Å². The zero-order chi connectivity index (χ0) is 18.1. The second-order valence-electron chi connectivity index (χ2n) is 5.16. The van der Waals surface area contributed by atoms with Crippen molar-refractivity contribution in [2.45, 2.75) is 6.92 Å². The fraction of sp³-hybridized carbons (Fsp3) is 0.133. The number of benzene rings is 1. The van der Waals surface area contributed by atoms with Crippen molar-refractivity contribution < 1.29 is 9.59 Å². The van der Waals surface area contributed by atoms with Crippen molar-refractivity contribution in [3.63, 3.8) is 0 Å². The van der Waals surface area contributed by atoms with Crippen LogP contribution in [0, 0.1) is 6.92 Å². The Kier molecular flexibility index (Phi) is 6.48. The van der Waals surface area contributed by atoms with Crippen molar-refractivity contribution in [1.29, 1.82) is 0 Å². The molecule has 2 heterocycles. The van der Waals surface area contributed by atoms with Crippen molar-refractivity contribution in [2.75, 3.05) is 17.2 Å². The molecule has 26 heavy (non-hydrogen) atoms. The van der Waals surface area contributed by atoms with E-state index >= 15 is 0 Å². The van der Waals surface area contributed by atoms with Crippen LogP contribution >= 0.6 is 46.9 Å². The lowest BCUT2D eigenvalue weighted by molar-refractivity contribution is -0.114. The Balaban J connectivity index is 0.00000243. The summed E-state index contributed by atoms with van der Waals surface area (Å²) in [5.74, 6) is -0.721. The van der Waals surface area contributed by atoms with E-state index < -0.39 is 5.91 Å². The molecule has 0 bridgehead atoms. The maximum Gasteiger partial charge on any atom is 0.275 e. The van der Waals surface area contributed by atoms with Gasteiger partial charge in [-0.25, -0.2) is 4.98 Å². The van der Waals surface area contributed by atoms with Crippen LogP contribution in [-0.4, -0.2) is 28.3 Å². The number of halogens is 3. The number of nitrogens with zero attached hydrogens (tertiary/aromatic N) is 1. The van der Waals surface area contributed by atoms with Crippen molar-refractivity contribution >= 4 is 79.8 Å².